The predicted molar refractivity (Wildman–Crippen MR) is 98.4 cm³/mol. The minimum absolute atomic E-state index is 0.00870. The molecule has 138 valence electrons. The Bertz CT molecular complexity index is 780. The zero-order chi connectivity index (χ0) is 18.5. The second-order valence-corrected chi connectivity index (χ2v) is 7.02. The molecular weight excluding hydrogens is 356 g/mol. The molecule has 1 saturated carbocycles. The molecule has 7 nitrogen and oxygen atoms in total. The maximum Gasteiger partial charge on any atom is 0.408 e. The van der Waals surface area contributed by atoms with Gasteiger partial charge in [-0.15, -0.1) is 0 Å². The van der Waals surface area contributed by atoms with Gasteiger partial charge >= 0.3 is 5.82 Å². The molecule has 1 aliphatic rings. The maximum atomic E-state index is 12.4. The molecule has 0 bridgehead atoms. The predicted octanol–water partition coefficient (Wildman–Crippen LogP) is 3.95. The number of nitro groups is 1. The van der Waals surface area contributed by atoms with E-state index in [1.807, 2.05) is 12.1 Å². The van der Waals surface area contributed by atoms with E-state index >= 15 is 0 Å². The van der Waals surface area contributed by atoms with Gasteiger partial charge in [-0.3, -0.25) is 4.79 Å². The van der Waals surface area contributed by atoms with E-state index in [1.165, 1.54) is 36.6 Å². The summed E-state index contributed by atoms with van der Waals surface area (Å²) in [4.78, 5) is 22.6. The van der Waals surface area contributed by atoms with Gasteiger partial charge in [0.2, 0.25) is 0 Å². The molecule has 3 rings (SSSR count). The number of carbonyl (C=O) groups is 1. The zero-order valence-electron chi connectivity index (χ0n) is 14.4. The molecule has 1 aromatic carbocycles. The van der Waals surface area contributed by atoms with E-state index in [9.17, 15) is 14.9 Å². The molecule has 1 heterocycles. The second kappa shape index (κ2) is 8.31. The smallest absolute Gasteiger partial charge is 0.358 e. The van der Waals surface area contributed by atoms with Crippen molar-refractivity contribution in [3.63, 3.8) is 0 Å². The molecule has 2 aromatic rings. The van der Waals surface area contributed by atoms with Crippen molar-refractivity contribution in [1.29, 1.82) is 0 Å². The molecule has 1 aromatic heterocycles. The summed E-state index contributed by atoms with van der Waals surface area (Å²) < 4.78 is 1.42. The number of amides is 1. The highest BCUT2D eigenvalue weighted by Crippen LogP contribution is 2.22. The topological polar surface area (TPSA) is 90.1 Å². The van der Waals surface area contributed by atoms with Crippen molar-refractivity contribution < 1.29 is 9.72 Å². The van der Waals surface area contributed by atoms with Crippen LogP contribution in [0.5, 0.6) is 0 Å². The van der Waals surface area contributed by atoms with Crippen LogP contribution in [0.2, 0.25) is 5.02 Å². The molecule has 0 atom stereocenters. The van der Waals surface area contributed by atoms with Crippen molar-refractivity contribution in [3.05, 3.63) is 56.7 Å². The van der Waals surface area contributed by atoms with E-state index in [1.54, 1.807) is 12.1 Å². The lowest BCUT2D eigenvalue weighted by molar-refractivity contribution is -0.389. The fraction of sp³-hybridized carbons (Fsp3) is 0.444. The molecule has 0 unspecified atom stereocenters. The third-order valence-electron chi connectivity index (χ3n) is 4.62. The monoisotopic (exact) mass is 376 g/mol. The molecule has 8 heteroatoms. The first-order valence-corrected chi connectivity index (χ1v) is 9.18. The molecule has 1 amide bonds. The molecule has 26 heavy (non-hydrogen) atoms. The number of rotatable bonds is 5. The SMILES string of the molecule is O=C(NC1CCCCCC1)c1ccc(Cn2cc(Cl)c([N+](=O)[O-])n2)cc1. The van der Waals surface area contributed by atoms with Crippen LogP contribution in [0.25, 0.3) is 0 Å². The van der Waals surface area contributed by atoms with E-state index in [0.717, 1.165) is 18.4 Å². The van der Waals surface area contributed by atoms with Crippen LogP contribution in [0.1, 0.15) is 54.4 Å². The molecule has 0 spiro atoms. The second-order valence-electron chi connectivity index (χ2n) is 6.61. The standard InChI is InChI=1S/C18H21ClN4O3/c19-16-12-22(21-17(16)23(25)26)11-13-7-9-14(10-8-13)18(24)20-15-5-3-1-2-4-6-15/h7-10,12,15H,1-6,11H2,(H,20,24). The van der Waals surface area contributed by atoms with Crippen LogP contribution in [-0.2, 0) is 6.54 Å². The third-order valence-corrected chi connectivity index (χ3v) is 4.89. The van der Waals surface area contributed by atoms with Gasteiger partial charge in [0.1, 0.15) is 0 Å². The summed E-state index contributed by atoms with van der Waals surface area (Å²) in [5.74, 6) is -0.410. The fourth-order valence-electron chi connectivity index (χ4n) is 3.23. The summed E-state index contributed by atoms with van der Waals surface area (Å²) in [6.45, 7) is 0.345. The maximum absolute atomic E-state index is 12.4. The Hall–Kier alpha value is -2.41. The van der Waals surface area contributed by atoms with Crippen LogP contribution in [0.15, 0.2) is 30.5 Å². The number of halogens is 1. The largest absolute Gasteiger partial charge is 0.408 e. The Kier molecular flexibility index (Phi) is 5.88. The summed E-state index contributed by atoms with van der Waals surface area (Å²) >= 11 is 5.80. The number of nitrogens with one attached hydrogen (secondary N) is 1. The van der Waals surface area contributed by atoms with Gasteiger partial charge in [-0.25, -0.2) is 0 Å². The van der Waals surface area contributed by atoms with E-state index in [2.05, 4.69) is 10.4 Å². The fourth-order valence-corrected chi connectivity index (χ4v) is 3.45. The van der Waals surface area contributed by atoms with Crippen LogP contribution >= 0.6 is 11.6 Å². The Balaban J connectivity index is 1.61. The number of benzene rings is 1. The lowest BCUT2D eigenvalue weighted by Crippen LogP contribution is -2.34. The van der Waals surface area contributed by atoms with Gasteiger partial charge in [-0.2, -0.15) is 4.68 Å². The first kappa shape index (κ1) is 18.4. The Morgan fingerprint density at radius 3 is 2.46 bits per heavy atom. The van der Waals surface area contributed by atoms with Crippen LogP contribution in [0, 0.1) is 10.1 Å². The number of carbonyl (C=O) groups excluding carboxylic acids is 1. The molecule has 1 fully saturated rings. The van der Waals surface area contributed by atoms with Crippen LogP contribution in [0.4, 0.5) is 5.82 Å². The van der Waals surface area contributed by atoms with Gasteiger partial charge in [0.05, 0.1) is 17.8 Å². The lowest BCUT2D eigenvalue weighted by atomic mass is 10.1. The van der Waals surface area contributed by atoms with Crippen molar-refractivity contribution in [2.24, 2.45) is 0 Å². The molecule has 1 aliphatic carbocycles. The Morgan fingerprint density at radius 2 is 1.88 bits per heavy atom. The highest BCUT2D eigenvalue weighted by Gasteiger charge is 2.19. The van der Waals surface area contributed by atoms with Gasteiger partial charge in [-0.1, -0.05) is 49.4 Å². The highest BCUT2D eigenvalue weighted by atomic mass is 35.5. The van der Waals surface area contributed by atoms with Gasteiger partial charge in [-0.05, 0) is 35.5 Å². The van der Waals surface area contributed by atoms with Crippen LogP contribution in [0.3, 0.4) is 0 Å². The van der Waals surface area contributed by atoms with E-state index < -0.39 is 4.92 Å². The van der Waals surface area contributed by atoms with Gasteiger partial charge in [0.25, 0.3) is 5.91 Å². The molecule has 0 aliphatic heterocycles. The van der Waals surface area contributed by atoms with Crippen molar-refractivity contribution >= 4 is 23.3 Å². The summed E-state index contributed by atoms with van der Waals surface area (Å²) in [5.41, 5.74) is 1.49. The van der Waals surface area contributed by atoms with E-state index in [0.29, 0.717) is 12.1 Å². The zero-order valence-corrected chi connectivity index (χ0v) is 15.1. The minimum atomic E-state index is -0.611. The minimum Gasteiger partial charge on any atom is -0.358 e. The summed E-state index contributed by atoms with van der Waals surface area (Å²) in [5, 5.41) is 17.8. The van der Waals surface area contributed by atoms with Crippen molar-refractivity contribution in [1.82, 2.24) is 15.1 Å². The number of aromatic nitrogens is 2. The summed E-state index contributed by atoms with van der Waals surface area (Å²) in [7, 11) is 0. The van der Waals surface area contributed by atoms with Crippen molar-refractivity contribution in [2.45, 2.75) is 51.1 Å². The van der Waals surface area contributed by atoms with Gasteiger partial charge < -0.3 is 15.4 Å². The third kappa shape index (κ3) is 4.60. The molecule has 0 saturated heterocycles. The molecular formula is C18H21ClN4O3. The normalized spacial score (nSPS) is 15.4. The van der Waals surface area contributed by atoms with E-state index in [-0.39, 0.29) is 22.8 Å². The van der Waals surface area contributed by atoms with Gasteiger partial charge in [0.15, 0.2) is 5.02 Å². The van der Waals surface area contributed by atoms with Crippen molar-refractivity contribution in [2.75, 3.05) is 0 Å². The highest BCUT2D eigenvalue weighted by molar-refractivity contribution is 6.32. The van der Waals surface area contributed by atoms with Crippen LogP contribution in [-0.4, -0.2) is 26.7 Å². The lowest BCUT2D eigenvalue weighted by Gasteiger charge is -2.16. The molecule has 1 N–H and O–H groups in total. The summed E-state index contributed by atoms with van der Waals surface area (Å²) in [6.07, 6.45) is 8.34. The first-order valence-electron chi connectivity index (χ1n) is 8.80. The molecule has 0 radical (unpaired) electrons. The van der Waals surface area contributed by atoms with Crippen LogP contribution < -0.4 is 5.32 Å². The quantitative estimate of drug-likeness (QED) is 0.486. The van der Waals surface area contributed by atoms with E-state index in [4.69, 9.17) is 11.6 Å². The summed E-state index contributed by atoms with van der Waals surface area (Å²) in [6, 6.07) is 7.44. The number of nitrogens with zero attached hydrogens (tertiary/aromatic N) is 3. The van der Waals surface area contributed by atoms with Crippen molar-refractivity contribution in [3.8, 4) is 0 Å². The first-order chi connectivity index (χ1) is 12.5. The van der Waals surface area contributed by atoms with Gasteiger partial charge in [0, 0.05) is 11.6 Å². The average molecular weight is 377 g/mol. The number of hydrogen-bond acceptors (Lipinski definition) is 4. The average Bonchev–Trinajstić information content (AvgIpc) is 2.81. The number of hydrogen-bond donors (Lipinski definition) is 1. The Labute approximate surface area is 156 Å². The Morgan fingerprint density at radius 1 is 1.23 bits per heavy atom.